The van der Waals surface area contributed by atoms with E-state index in [1.165, 1.54) is 0 Å². The number of anilines is 1. The number of aromatic nitrogens is 1. The van der Waals surface area contributed by atoms with E-state index < -0.39 is 5.92 Å². The maximum atomic E-state index is 14.3. The number of nitrogens with one attached hydrogen (secondary N) is 1. The third-order valence-electron chi connectivity index (χ3n) is 11.2. The Kier molecular flexibility index (Phi) is 9.23. The van der Waals surface area contributed by atoms with Gasteiger partial charge >= 0.3 is 6.03 Å². The number of likely N-dealkylation sites (N-methyl/N-ethyl adjacent to an activating group) is 1. The molecule has 10 nitrogen and oxygen atoms in total. The third kappa shape index (κ3) is 6.76. The Morgan fingerprint density at radius 3 is 2.23 bits per heavy atom. The van der Waals surface area contributed by atoms with E-state index in [9.17, 15) is 14.4 Å². The molecule has 1 N–H and O–H groups in total. The number of piperazine rings is 1. The second kappa shape index (κ2) is 13.7. The predicted octanol–water partition coefficient (Wildman–Crippen LogP) is 4.00. The summed E-state index contributed by atoms with van der Waals surface area (Å²) in [6.07, 6.45) is 6.35. The van der Waals surface area contributed by atoms with Gasteiger partial charge in [-0.2, -0.15) is 0 Å². The summed E-state index contributed by atoms with van der Waals surface area (Å²) in [5.74, 6) is -0.250. The summed E-state index contributed by atoms with van der Waals surface area (Å²) in [7, 11) is 4.23. The zero-order valence-electron chi connectivity index (χ0n) is 27.9. The van der Waals surface area contributed by atoms with Crippen molar-refractivity contribution in [1.82, 2.24) is 29.1 Å². The smallest absolute Gasteiger partial charge is 0.322 e. The van der Waals surface area contributed by atoms with Crippen LogP contribution in [-0.4, -0.2) is 118 Å². The number of nitrogens with zero attached hydrogens (tertiary/aromatic N) is 6. The zero-order chi connectivity index (χ0) is 32.5. The number of para-hydroxylation sites is 2. The number of hydrogen-bond donors (Lipinski definition) is 1. The van der Waals surface area contributed by atoms with Crippen molar-refractivity contribution in [2.24, 2.45) is 13.0 Å². The highest BCUT2D eigenvalue weighted by Gasteiger charge is 2.36. The zero-order valence-corrected chi connectivity index (χ0v) is 27.9. The largest absolute Gasteiger partial charge is 0.350 e. The van der Waals surface area contributed by atoms with Crippen molar-refractivity contribution in [3.63, 3.8) is 0 Å². The molecule has 5 heterocycles. The number of benzene rings is 2. The van der Waals surface area contributed by atoms with Crippen LogP contribution in [0.15, 0.2) is 54.7 Å². The Morgan fingerprint density at radius 1 is 0.809 bits per heavy atom. The lowest BCUT2D eigenvalue weighted by Crippen LogP contribution is -2.54. The monoisotopic (exact) mass is 639 g/mol. The second-order valence-electron chi connectivity index (χ2n) is 14.1. The van der Waals surface area contributed by atoms with Crippen LogP contribution in [0.2, 0.25) is 0 Å². The van der Waals surface area contributed by atoms with Crippen LogP contribution in [0.4, 0.5) is 10.5 Å². The van der Waals surface area contributed by atoms with Crippen molar-refractivity contribution in [2.75, 3.05) is 64.7 Å². The Hall–Kier alpha value is -3.89. The van der Waals surface area contributed by atoms with Crippen molar-refractivity contribution in [3.8, 4) is 0 Å². The minimum Gasteiger partial charge on any atom is -0.350 e. The van der Waals surface area contributed by atoms with E-state index in [2.05, 4.69) is 51.1 Å². The van der Waals surface area contributed by atoms with Gasteiger partial charge in [0.25, 0.3) is 0 Å². The van der Waals surface area contributed by atoms with Crippen LogP contribution in [0.25, 0.3) is 10.9 Å². The average molecular weight is 640 g/mol. The lowest BCUT2D eigenvalue weighted by atomic mass is 9.91. The van der Waals surface area contributed by atoms with E-state index in [4.69, 9.17) is 0 Å². The highest BCUT2D eigenvalue weighted by molar-refractivity contribution is 5.92. The van der Waals surface area contributed by atoms with Crippen LogP contribution < -0.4 is 5.32 Å². The van der Waals surface area contributed by atoms with Crippen LogP contribution in [-0.2, 0) is 29.6 Å². The first-order valence-electron chi connectivity index (χ1n) is 17.5. The van der Waals surface area contributed by atoms with Gasteiger partial charge in [0.05, 0.1) is 5.92 Å². The molecule has 0 saturated carbocycles. The van der Waals surface area contributed by atoms with Gasteiger partial charge in [0.1, 0.15) is 0 Å². The molecule has 0 spiro atoms. The molecular formula is C37H49N7O3. The van der Waals surface area contributed by atoms with E-state index >= 15 is 0 Å². The number of rotatable bonds is 7. The molecule has 10 heteroatoms. The highest BCUT2D eigenvalue weighted by Crippen LogP contribution is 2.30. The van der Waals surface area contributed by atoms with Gasteiger partial charge in [0.15, 0.2) is 0 Å². The predicted molar refractivity (Wildman–Crippen MR) is 184 cm³/mol. The quantitative estimate of drug-likeness (QED) is 0.423. The molecule has 1 unspecified atom stereocenters. The van der Waals surface area contributed by atoms with E-state index in [1.807, 2.05) is 52.1 Å². The maximum absolute atomic E-state index is 14.3. The fourth-order valence-electron chi connectivity index (χ4n) is 8.28. The van der Waals surface area contributed by atoms with Gasteiger partial charge in [-0.05, 0) is 62.4 Å². The summed E-state index contributed by atoms with van der Waals surface area (Å²) < 4.78 is 2.12. The van der Waals surface area contributed by atoms with Gasteiger partial charge < -0.3 is 29.5 Å². The highest BCUT2D eigenvalue weighted by atomic mass is 16.2. The first-order valence-corrected chi connectivity index (χ1v) is 17.5. The lowest BCUT2D eigenvalue weighted by Gasteiger charge is -2.42. The molecule has 7 rings (SSSR count). The fraction of sp³-hybridized carbons (Fsp3) is 0.541. The second-order valence-corrected chi connectivity index (χ2v) is 14.1. The summed E-state index contributed by atoms with van der Waals surface area (Å²) in [6.45, 7) is 7.69. The van der Waals surface area contributed by atoms with Crippen molar-refractivity contribution in [2.45, 2.75) is 57.2 Å². The van der Waals surface area contributed by atoms with Crippen LogP contribution >= 0.6 is 0 Å². The number of piperidine rings is 2. The molecule has 1 aromatic heterocycles. The average Bonchev–Trinajstić information content (AvgIpc) is 3.42. The number of urea groups is 1. The third-order valence-corrected chi connectivity index (χ3v) is 11.2. The van der Waals surface area contributed by atoms with Gasteiger partial charge in [-0.25, -0.2) is 4.79 Å². The van der Waals surface area contributed by atoms with Gasteiger partial charge in [-0.1, -0.05) is 36.4 Å². The molecule has 1 atom stereocenters. The summed E-state index contributed by atoms with van der Waals surface area (Å²) in [5.41, 5.74) is 4.26. The lowest BCUT2D eigenvalue weighted by molar-refractivity contribution is -0.143. The van der Waals surface area contributed by atoms with Crippen LogP contribution in [0.3, 0.4) is 0 Å². The molecule has 3 fully saturated rings. The first kappa shape index (κ1) is 31.7. The minimum atomic E-state index is -0.407. The first-order chi connectivity index (χ1) is 22.8. The van der Waals surface area contributed by atoms with Crippen molar-refractivity contribution < 1.29 is 14.4 Å². The molecule has 4 aliphatic rings. The normalized spacial score (nSPS) is 21.1. The standard InChI is InChI=1S/C37H49N7O3/c1-39-19-21-41(22-20-39)30-11-17-43(18-12-30)36(46)28(23-29-25-40(2)34-10-6-4-8-32(29)34)24-35(45)42-15-13-31(14-16-42)44-26-27-7-3-5-9-33(27)38-37(44)47/h3-10,25,28,30-31H,11-24,26H2,1-2H3,(H,38,47). The Bertz CT molecular complexity index is 1600. The number of likely N-dealkylation sites (tertiary alicyclic amines) is 2. The Labute approximate surface area is 278 Å². The molecule has 4 amide bonds. The van der Waals surface area contributed by atoms with E-state index in [1.54, 1.807) is 0 Å². The van der Waals surface area contributed by atoms with Gasteiger partial charge in [-0.15, -0.1) is 0 Å². The molecule has 0 aliphatic carbocycles. The van der Waals surface area contributed by atoms with Gasteiger partial charge in [0.2, 0.25) is 11.8 Å². The number of carbonyl (C=O) groups is 3. The molecule has 0 radical (unpaired) electrons. The Morgan fingerprint density at radius 2 is 1.47 bits per heavy atom. The number of fused-ring (bicyclic) bond motifs is 2. The topological polar surface area (TPSA) is 84.4 Å². The number of hydrogen-bond acceptors (Lipinski definition) is 5. The number of carbonyl (C=O) groups excluding carboxylic acids is 3. The summed E-state index contributed by atoms with van der Waals surface area (Å²) in [6, 6.07) is 16.8. The SMILES string of the molecule is CN1CCN(C2CCN(C(=O)C(CC(=O)N3CCC(N4Cc5ccccc5NC4=O)CC3)Cc3cn(C)c4ccccc34)CC2)CC1. The van der Waals surface area contributed by atoms with E-state index in [0.29, 0.717) is 32.1 Å². The number of aryl methyl sites for hydroxylation is 1. The maximum Gasteiger partial charge on any atom is 0.322 e. The van der Waals surface area contributed by atoms with Crippen LogP contribution in [0, 0.1) is 5.92 Å². The van der Waals surface area contributed by atoms with E-state index in [0.717, 1.165) is 92.7 Å². The van der Waals surface area contributed by atoms with Gasteiger partial charge in [-0.3, -0.25) is 14.5 Å². The summed E-state index contributed by atoms with van der Waals surface area (Å²) >= 11 is 0. The number of amides is 4. The molecule has 250 valence electrons. The van der Waals surface area contributed by atoms with Gasteiger partial charge in [0, 0.05) is 107 Å². The van der Waals surface area contributed by atoms with Crippen molar-refractivity contribution in [1.29, 1.82) is 0 Å². The van der Waals surface area contributed by atoms with Crippen LogP contribution in [0.1, 0.15) is 43.2 Å². The minimum absolute atomic E-state index is 0.0443. The molecule has 3 saturated heterocycles. The summed E-state index contributed by atoms with van der Waals surface area (Å²) in [5, 5.41) is 4.18. The molecule has 4 aliphatic heterocycles. The van der Waals surface area contributed by atoms with Crippen molar-refractivity contribution in [3.05, 3.63) is 65.9 Å². The molecule has 2 aromatic carbocycles. The van der Waals surface area contributed by atoms with Crippen LogP contribution in [0.5, 0.6) is 0 Å². The van der Waals surface area contributed by atoms with E-state index in [-0.39, 0.29) is 30.3 Å². The summed E-state index contributed by atoms with van der Waals surface area (Å²) in [4.78, 5) is 52.0. The molecular weight excluding hydrogens is 590 g/mol. The molecule has 0 bridgehead atoms. The molecule has 47 heavy (non-hydrogen) atoms. The van der Waals surface area contributed by atoms with Crippen molar-refractivity contribution >= 4 is 34.4 Å². The molecule has 3 aromatic rings. The fourth-order valence-corrected chi connectivity index (χ4v) is 8.28. The Balaban J connectivity index is 1.01.